The van der Waals surface area contributed by atoms with Crippen LogP contribution in [-0.2, 0) is 4.79 Å². The maximum Gasteiger partial charge on any atom is 0.236 e. The maximum absolute atomic E-state index is 11.4. The van der Waals surface area contributed by atoms with E-state index in [4.69, 9.17) is 5.73 Å². The predicted molar refractivity (Wildman–Crippen MR) is 45.4 cm³/mol. The van der Waals surface area contributed by atoms with E-state index < -0.39 is 0 Å². The topological polar surface area (TPSA) is 46.3 Å². The number of carbonyl (C=O) groups excluding carboxylic acids is 1. The summed E-state index contributed by atoms with van der Waals surface area (Å²) in [5.74, 6) is 1.44. The number of nitrogens with zero attached hydrogens (tertiary/aromatic N) is 1. The van der Waals surface area contributed by atoms with Gasteiger partial charge in [-0.15, -0.1) is 11.8 Å². The van der Waals surface area contributed by atoms with Gasteiger partial charge in [-0.2, -0.15) is 0 Å². The summed E-state index contributed by atoms with van der Waals surface area (Å²) in [6, 6.07) is 0.501. The Morgan fingerprint density at radius 3 is 3.09 bits per heavy atom. The molecule has 0 aromatic carbocycles. The van der Waals surface area contributed by atoms with Gasteiger partial charge in [0, 0.05) is 24.9 Å². The van der Waals surface area contributed by atoms with Crippen LogP contribution in [-0.4, -0.2) is 40.9 Å². The number of nitrogens with two attached hydrogens (primary N) is 1. The monoisotopic (exact) mass is 172 g/mol. The molecule has 2 fully saturated rings. The van der Waals surface area contributed by atoms with Crippen LogP contribution in [0, 0.1) is 0 Å². The average Bonchev–Trinajstić information content (AvgIpc) is 2.54. The third-order valence-electron chi connectivity index (χ3n) is 2.35. The molecule has 0 saturated carbocycles. The number of fused-ring (bicyclic) bond motifs is 2. The van der Waals surface area contributed by atoms with Gasteiger partial charge in [-0.3, -0.25) is 4.79 Å². The van der Waals surface area contributed by atoms with E-state index in [1.165, 1.54) is 0 Å². The molecule has 2 saturated heterocycles. The van der Waals surface area contributed by atoms with Crippen LogP contribution in [0.3, 0.4) is 0 Å². The fourth-order valence-corrected chi connectivity index (χ4v) is 3.20. The van der Waals surface area contributed by atoms with Crippen LogP contribution in [0.1, 0.15) is 6.42 Å². The lowest BCUT2D eigenvalue weighted by atomic mass is 10.2. The van der Waals surface area contributed by atoms with Gasteiger partial charge in [0.15, 0.2) is 0 Å². The van der Waals surface area contributed by atoms with Crippen LogP contribution in [0.25, 0.3) is 0 Å². The molecule has 2 unspecified atom stereocenters. The number of hydrogen-bond donors (Lipinski definition) is 1. The first-order chi connectivity index (χ1) is 5.33. The molecule has 11 heavy (non-hydrogen) atoms. The highest BCUT2D eigenvalue weighted by molar-refractivity contribution is 8.01. The van der Waals surface area contributed by atoms with E-state index in [-0.39, 0.29) is 5.25 Å². The lowest BCUT2D eigenvalue weighted by Gasteiger charge is -2.25. The van der Waals surface area contributed by atoms with Crippen LogP contribution < -0.4 is 5.73 Å². The Labute approximate surface area is 70.3 Å². The molecule has 3 nitrogen and oxygen atoms in total. The lowest BCUT2D eigenvalue weighted by molar-refractivity contribution is -0.128. The fraction of sp³-hybridized carbons (Fsp3) is 0.857. The Kier molecular flexibility index (Phi) is 1.81. The Hall–Kier alpha value is -0.220. The first-order valence-electron chi connectivity index (χ1n) is 3.95. The Morgan fingerprint density at radius 1 is 1.73 bits per heavy atom. The van der Waals surface area contributed by atoms with Gasteiger partial charge in [0.25, 0.3) is 0 Å². The van der Waals surface area contributed by atoms with Crippen molar-refractivity contribution in [1.82, 2.24) is 4.90 Å². The third kappa shape index (κ3) is 1.05. The molecule has 1 amide bonds. The molecule has 0 aromatic heterocycles. The van der Waals surface area contributed by atoms with Crippen molar-refractivity contribution < 1.29 is 4.79 Å². The molecular formula is C7H12N2OS. The normalized spacial score (nSPS) is 35.4. The Bertz CT molecular complexity index is 185. The standard InChI is InChI=1S/C7H12N2OS/c8-1-2-9-5-3-6(7(9)10)11-4-5/h5-6H,1-4,8H2. The van der Waals surface area contributed by atoms with E-state index in [9.17, 15) is 4.79 Å². The highest BCUT2D eigenvalue weighted by Crippen LogP contribution is 2.37. The summed E-state index contributed by atoms with van der Waals surface area (Å²) in [4.78, 5) is 13.4. The molecule has 2 bridgehead atoms. The molecule has 2 N–H and O–H groups in total. The first kappa shape index (κ1) is 7.43. The molecule has 0 radical (unpaired) electrons. The van der Waals surface area contributed by atoms with Crippen molar-refractivity contribution in [2.45, 2.75) is 17.7 Å². The van der Waals surface area contributed by atoms with Crippen LogP contribution in [0.5, 0.6) is 0 Å². The second-order valence-corrected chi connectivity index (χ2v) is 4.27. The molecular weight excluding hydrogens is 160 g/mol. The van der Waals surface area contributed by atoms with Crippen molar-refractivity contribution in [3.05, 3.63) is 0 Å². The number of rotatable bonds is 2. The SMILES string of the molecule is NCCN1C(=O)C2CC1CS2. The van der Waals surface area contributed by atoms with Gasteiger partial charge in [-0.25, -0.2) is 0 Å². The van der Waals surface area contributed by atoms with Crippen LogP contribution >= 0.6 is 11.8 Å². The largest absolute Gasteiger partial charge is 0.337 e. The van der Waals surface area contributed by atoms with Crippen molar-refractivity contribution in [2.24, 2.45) is 5.73 Å². The van der Waals surface area contributed by atoms with Gasteiger partial charge in [0.2, 0.25) is 5.91 Å². The molecule has 0 spiro atoms. The van der Waals surface area contributed by atoms with Crippen LogP contribution in [0.15, 0.2) is 0 Å². The second kappa shape index (κ2) is 2.68. The van der Waals surface area contributed by atoms with Crippen molar-refractivity contribution in [1.29, 1.82) is 0 Å². The minimum atomic E-state index is 0.270. The van der Waals surface area contributed by atoms with Crippen LogP contribution in [0.4, 0.5) is 0 Å². The Morgan fingerprint density at radius 2 is 2.55 bits per heavy atom. The zero-order valence-electron chi connectivity index (χ0n) is 6.32. The highest BCUT2D eigenvalue weighted by atomic mass is 32.2. The summed E-state index contributed by atoms with van der Waals surface area (Å²) in [5, 5.41) is 0.270. The van der Waals surface area contributed by atoms with Gasteiger partial charge in [-0.05, 0) is 6.42 Å². The molecule has 62 valence electrons. The van der Waals surface area contributed by atoms with E-state index >= 15 is 0 Å². The average molecular weight is 172 g/mol. The van der Waals surface area contributed by atoms with Gasteiger partial charge in [0.05, 0.1) is 5.25 Å². The van der Waals surface area contributed by atoms with Crippen molar-refractivity contribution in [2.75, 3.05) is 18.8 Å². The summed E-state index contributed by atoms with van der Waals surface area (Å²) < 4.78 is 0. The van der Waals surface area contributed by atoms with E-state index in [0.717, 1.165) is 18.7 Å². The smallest absolute Gasteiger partial charge is 0.236 e. The quantitative estimate of drug-likeness (QED) is 0.620. The van der Waals surface area contributed by atoms with Gasteiger partial charge >= 0.3 is 0 Å². The van der Waals surface area contributed by atoms with Crippen molar-refractivity contribution in [3.63, 3.8) is 0 Å². The number of carbonyl (C=O) groups is 1. The first-order valence-corrected chi connectivity index (χ1v) is 5.00. The summed E-state index contributed by atoms with van der Waals surface area (Å²) >= 11 is 1.80. The molecule has 0 aliphatic carbocycles. The second-order valence-electron chi connectivity index (χ2n) is 3.03. The number of thioether (sulfide) groups is 1. The molecule has 2 aliphatic rings. The summed E-state index contributed by atoms with van der Waals surface area (Å²) in [5.41, 5.74) is 5.40. The zero-order chi connectivity index (χ0) is 7.84. The summed E-state index contributed by atoms with van der Waals surface area (Å²) in [6.45, 7) is 1.35. The summed E-state index contributed by atoms with van der Waals surface area (Å²) in [6.07, 6.45) is 1.06. The van der Waals surface area contributed by atoms with Gasteiger partial charge < -0.3 is 10.6 Å². The molecule has 0 aromatic rings. The minimum Gasteiger partial charge on any atom is -0.337 e. The van der Waals surface area contributed by atoms with Crippen molar-refractivity contribution in [3.8, 4) is 0 Å². The number of likely N-dealkylation sites (tertiary alicyclic amines) is 1. The van der Waals surface area contributed by atoms with Gasteiger partial charge in [-0.1, -0.05) is 0 Å². The maximum atomic E-state index is 11.4. The number of hydrogen-bond acceptors (Lipinski definition) is 3. The van der Waals surface area contributed by atoms with Crippen LogP contribution in [0.2, 0.25) is 0 Å². The molecule has 4 heteroatoms. The molecule has 2 heterocycles. The van der Waals surface area contributed by atoms with Gasteiger partial charge in [0.1, 0.15) is 0 Å². The molecule has 2 aliphatic heterocycles. The Balaban J connectivity index is 2.05. The lowest BCUT2D eigenvalue weighted by Crippen LogP contribution is -2.41. The summed E-state index contributed by atoms with van der Waals surface area (Å²) in [7, 11) is 0. The van der Waals surface area contributed by atoms with Crippen molar-refractivity contribution >= 4 is 17.7 Å². The van der Waals surface area contributed by atoms with E-state index in [1.807, 2.05) is 4.90 Å². The molecule has 2 rings (SSSR count). The fourth-order valence-electron chi connectivity index (χ4n) is 1.80. The number of amides is 1. The third-order valence-corrected chi connectivity index (χ3v) is 3.72. The van der Waals surface area contributed by atoms with E-state index in [2.05, 4.69) is 0 Å². The minimum absolute atomic E-state index is 0.270. The van der Waals surface area contributed by atoms with E-state index in [0.29, 0.717) is 18.5 Å². The highest BCUT2D eigenvalue weighted by Gasteiger charge is 2.44. The molecule has 2 atom stereocenters. The zero-order valence-corrected chi connectivity index (χ0v) is 7.14. The predicted octanol–water partition coefficient (Wildman–Crippen LogP) is -0.339. The van der Waals surface area contributed by atoms with E-state index in [1.54, 1.807) is 11.8 Å².